The normalized spacial score (nSPS) is 9.83. The lowest BCUT2D eigenvalue weighted by atomic mass is 10.3. The maximum Gasteiger partial charge on any atom is 0.318 e. The van der Waals surface area contributed by atoms with Crippen molar-refractivity contribution in [1.29, 1.82) is 0 Å². The topological polar surface area (TPSA) is 68.0 Å². The van der Waals surface area contributed by atoms with Crippen molar-refractivity contribution in [2.45, 2.75) is 20.3 Å². The molecule has 0 saturated heterocycles. The first-order valence-electron chi connectivity index (χ1n) is 3.66. The van der Waals surface area contributed by atoms with E-state index in [2.05, 4.69) is 10.3 Å². The Morgan fingerprint density at radius 2 is 2.42 bits per heavy atom. The second-order valence-electron chi connectivity index (χ2n) is 2.36. The number of hydrogen-bond acceptors (Lipinski definition) is 3. The molecule has 4 nitrogen and oxygen atoms in total. The number of thiazole rings is 1. The summed E-state index contributed by atoms with van der Waals surface area (Å²) < 4.78 is 0. The highest BCUT2D eigenvalue weighted by Gasteiger charge is 2.06. The minimum atomic E-state index is -0.564. The molecule has 0 aliphatic rings. The number of nitrogens with one attached hydrogen (secondary N) is 1. The second-order valence-corrected chi connectivity index (χ2v) is 3.57. The van der Waals surface area contributed by atoms with Crippen LogP contribution >= 0.6 is 11.3 Å². The van der Waals surface area contributed by atoms with Crippen LogP contribution in [0.2, 0.25) is 0 Å². The zero-order valence-electron chi connectivity index (χ0n) is 7.05. The van der Waals surface area contributed by atoms with Crippen molar-refractivity contribution in [1.82, 2.24) is 4.98 Å². The molecule has 0 aliphatic heterocycles. The molecule has 3 N–H and O–H groups in total. The summed E-state index contributed by atoms with van der Waals surface area (Å²) in [7, 11) is 0. The molecule has 1 aromatic heterocycles. The van der Waals surface area contributed by atoms with Gasteiger partial charge in [0, 0.05) is 4.88 Å². The molecule has 0 saturated carbocycles. The molecule has 0 spiro atoms. The fourth-order valence-electron chi connectivity index (χ4n) is 0.915. The first kappa shape index (κ1) is 8.99. The van der Waals surface area contributed by atoms with E-state index in [1.807, 2.05) is 13.8 Å². The fraction of sp³-hybridized carbons (Fsp3) is 0.429. The van der Waals surface area contributed by atoms with Gasteiger partial charge in [0.25, 0.3) is 0 Å². The number of nitrogens with zero attached hydrogens (tertiary/aromatic N) is 1. The number of anilines is 1. The highest BCUT2D eigenvalue weighted by atomic mass is 32.1. The third-order valence-corrected chi connectivity index (χ3v) is 2.39. The number of amides is 2. The van der Waals surface area contributed by atoms with E-state index in [1.54, 1.807) is 0 Å². The molecular weight excluding hydrogens is 174 g/mol. The van der Waals surface area contributed by atoms with Crippen molar-refractivity contribution >= 4 is 22.5 Å². The number of rotatable bonds is 2. The lowest BCUT2D eigenvalue weighted by molar-refractivity contribution is 0.259. The number of aryl methyl sites for hydroxylation is 2. The van der Waals surface area contributed by atoms with Gasteiger partial charge in [-0.1, -0.05) is 6.92 Å². The smallest absolute Gasteiger partial charge is 0.318 e. The summed E-state index contributed by atoms with van der Waals surface area (Å²) >= 11 is 1.44. The first-order valence-corrected chi connectivity index (χ1v) is 4.48. The van der Waals surface area contributed by atoms with Gasteiger partial charge in [-0.25, -0.2) is 9.78 Å². The molecule has 2 amide bonds. The summed E-state index contributed by atoms with van der Waals surface area (Å²) in [6.07, 6.45) is 0.878. The summed E-state index contributed by atoms with van der Waals surface area (Å²) in [6.45, 7) is 4.00. The predicted octanol–water partition coefficient (Wildman–Crippen LogP) is 1.50. The van der Waals surface area contributed by atoms with Crippen molar-refractivity contribution < 1.29 is 4.79 Å². The number of primary amides is 1. The van der Waals surface area contributed by atoms with Gasteiger partial charge in [0.2, 0.25) is 0 Å². The number of aromatic nitrogens is 1. The van der Waals surface area contributed by atoms with Crippen LogP contribution < -0.4 is 11.1 Å². The molecule has 0 atom stereocenters. The zero-order chi connectivity index (χ0) is 9.14. The van der Waals surface area contributed by atoms with Gasteiger partial charge in [0.1, 0.15) is 0 Å². The van der Waals surface area contributed by atoms with E-state index in [0.717, 1.165) is 17.0 Å². The third-order valence-electron chi connectivity index (χ3n) is 1.46. The summed E-state index contributed by atoms with van der Waals surface area (Å²) in [6, 6.07) is -0.564. The predicted molar refractivity (Wildman–Crippen MR) is 49.4 cm³/mol. The van der Waals surface area contributed by atoms with Gasteiger partial charge in [-0.3, -0.25) is 5.32 Å². The molecule has 1 rings (SSSR count). The maximum atomic E-state index is 10.5. The lowest BCUT2D eigenvalue weighted by Gasteiger charge is -1.92. The Labute approximate surface area is 74.8 Å². The minimum Gasteiger partial charge on any atom is -0.351 e. The van der Waals surface area contributed by atoms with Crippen molar-refractivity contribution in [2.75, 3.05) is 5.32 Å². The second kappa shape index (κ2) is 3.53. The van der Waals surface area contributed by atoms with Crippen LogP contribution in [0.3, 0.4) is 0 Å². The van der Waals surface area contributed by atoms with Gasteiger partial charge in [-0.05, 0) is 13.3 Å². The van der Waals surface area contributed by atoms with Crippen molar-refractivity contribution in [3.8, 4) is 0 Å². The molecule has 5 heteroatoms. The lowest BCUT2D eigenvalue weighted by Crippen LogP contribution is -2.19. The molecular formula is C7H11N3OS. The van der Waals surface area contributed by atoms with E-state index in [0.29, 0.717) is 5.13 Å². The standard InChI is InChI=1S/C7H11N3OS/c1-3-5-4(2)12-7(9-5)10-6(8)11/h3H2,1-2H3,(H3,8,9,10,11). The van der Waals surface area contributed by atoms with Gasteiger partial charge in [0.15, 0.2) is 5.13 Å². The van der Waals surface area contributed by atoms with Crippen LogP contribution in [-0.2, 0) is 6.42 Å². The highest BCUT2D eigenvalue weighted by molar-refractivity contribution is 7.15. The van der Waals surface area contributed by atoms with Gasteiger partial charge in [-0.2, -0.15) is 0 Å². The molecule has 0 unspecified atom stereocenters. The molecule has 0 radical (unpaired) electrons. The third kappa shape index (κ3) is 1.94. The summed E-state index contributed by atoms with van der Waals surface area (Å²) in [4.78, 5) is 15.8. The number of urea groups is 1. The fourth-order valence-corrected chi connectivity index (χ4v) is 1.82. The van der Waals surface area contributed by atoms with Crippen LogP contribution in [-0.4, -0.2) is 11.0 Å². The number of carbonyl (C=O) groups excluding carboxylic acids is 1. The average Bonchev–Trinajstić information content (AvgIpc) is 2.29. The van der Waals surface area contributed by atoms with E-state index in [1.165, 1.54) is 11.3 Å². The maximum absolute atomic E-state index is 10.5. The largest absolute Gasteiger partial charge is 0.351 e. The van der Waals surface area contributed by atoms with Crippen molar-refractivity contribution in [3.05, 3.63) is 10.6 Å². The Hall–Kier alpha value is -1.10. The van der Waals surface area contributed by atoms with Gasteiger partial charge in [0.05, 0.1) is 5.69 Å². The zero-order valence-corrected chi connectivity index (χ0v) is 7.86. The molecule has 66 valence electrons. The van der Waals surface area contributed by atoms with Gasteiger partial charge in [-0.15, -0.1) is 11.3 Å². The van der Waals surface area contributed by atoms with E-state index in [9.17, 15) is 4.79 Å². The number of carbonyl (C=O) groups is 1. The first-order chi connectivity index (χ1) is 5.63. The Balaban J connectivity index is 2.82. The van der Waals surface area contributed by atoms with Crippen LogP contribution in [0, 0.1) is 6.92 Å². The monoisotopic (exact) mass is 185 g/mol. The molecule has 0 bridgehead atoms. The van der Waals surface area contributed by atoms with Crippen LogP contribution in [0.4, 0.5) is 9.93 Å². The summed E-state index contributed by atoms with van der Waals surface area (Å²) in [5.41, 5.74) is 5.96. The molecule has 1 heterocycles. The van der Waals surface area contributed by atoms with Crippen molar-refractivity contribution in [3.63, 3.8) is 0 Å². The van der Waals surface area contributed by atoms with Crippen molar-refractivity contribution in [2.24, 2.45) is 5.73 Å². The van der Waals surface area contributed by atoms with E-state index < -0.39 is 6.03 Å². The number of hydrogen-bond donors (Lipinski definition) is 2. The van der Waals surface area contributed by atoms with Crippen LogP contribution in [0.25, 0.3) is 0 Å². The quantitative estimate of drug-likeness (QED) is 0.733. The molecule has 12 heavy (non-hydrogen) atoms. The summed E-state index contributed by atoms with van der Waals surface area (Å²) in [5.74, 6) is 0. The Morgan fingerprint density at radius 1 is 1.75 bits per heavy atom. The average molecular weight is 185 g/mol. The van der Waals surface area contributed by atoms with E-state index in [4.69, 9.17) is 5.73 Å². The number of nitrogens with two attached hydrogens (primary N) is 1. The SMILES string of the molecule is CCc1nc(NC(N)=O)sc1C. The summed E-state index contributed by atoms with van der Waals surface area (Å²) in [5, 5.41) is 3.03. The minimum absolute atomic E-state index is 0.564. The molecule has 1 aromatic rings. The van der Waals surface area contributed by atoms with Gasteiger partial charge < -0.3 is 5.73 Å². The van der Waals surface area contributed by atoms with Crippen LogP contribution in [0.5, 0.6) is 0 Å². The van der Waals surface area contributed by atoms with E-state index in [-0.39, 0.29) is 0 Å². The molecule has 0 aliphatic carbocycles. The van der Waals surface area contributed by atoms with Gasteiger partial charge >= 0.3 is 6.03 Å². The Bertz CT molecular complexity index is 295. The Morgan fingerprint density at radius 3 is 2.83 bits per heavy atom. The van der Waals surface area contributed by atoms with Crippen LogP contribution in [0.15, 0.2) is 0 Å². The Kier molecular flexibility index (Phi) is 2.65. The molecule has 0 fully saturated rings. The van der Waals surface area contributed by atoms with E-state index >= 15 is 0 Å². The highest BCUT2D eigenvalue weighted by Crippen LogP contribution is 2.21. The van der Waals surface area contributed by atoms with Crippen LogP contribution in [0.1, 0.15) is 17.5 Å². The molecule has 0 aromatic carbocycles.